The second kappa shape index (κ2) is 9.12. The van der Waals surface area contributed by atoms with Crippen molar-refractivity contribution in [2.45, 2.75) is 64.7 Å². The summed E-state index contributed by atoms with van der Waals surface area (Å²) in [6.07, 6.45) is 2.08. The Kier molecular flexibility index (Phi) is 8.24. The van der Waals surface area contributed by atoms with Gasteiger partial charge in [-0.2, -0.15) is 0 Å². The molecule has 0 aromatic carbocycles. The van der Waals surface area contributed by atoms with Crippen molar-refractivity contribution in [3.63, 3.8) is 0 Å². The van der Waals surface area contributed by atoms with Gasteiger partial charge in [0.05, 0.1) is 12.2 Å². The molecule has 1 saturated carbocycles. The molecule has 20 heavy (non-hydrogen) atoms. The van der Waals surface area contributed by atoms with Crippen molar-refractivity contribution >= 4 is 8.80 Å². The van der Waals surface area contributed by atoms with E-state index in [9.17, 15) is 10.2 Å². The average Bonchev–Trinajstić information content (AvgIpc) is 2.41. The van der Waals surface area contributed by atoms with Crippen molar-refractivity contribution in [3.8, 4) is 0 Å². The monoisotopic (exact) mass is 306 g/mol. The minimum Gasteiger partial charge on any atom is -0.390 e. The van der Waals surface area contributed by atoms with E-state index in [1.165, 1.54) is 0 Å². The minimum absolute atomic E-state index is 0.418. The van der Waals surface area contributed by atoms with Gasteiger partial charge < -0.3 is 23.5 Å². The first-order valence-electron chi connectivity index (χ1n) is 7.84. The molecular formula is C14H30O5Si. The van der Waals surface area contributed by atoms with E-state index in [0.29, 0.717) is 38.6 Å². The molecule has 1 aliphatic rings. The summed E-state index contributed by atoms with van der Waals surface area (Å²) in [5, 5.41) is 19.3. The van der Waals surface area contributed by atoms with Crippen LogP contribution in [0.5, 0.6) is 0 Å². The third-order valence-electron chi connectivity index (χ3n) is 3.84. The van der Waals surface area contributed by atoms with Crippen LogP contribution in [-0.4, -0.2) is 51.0 Å². The molecule has 0 radical (unpaired) electrons. The third kappa shape index (κ3) is 5.42. The number of rotatable bonds is 9. The molecule has 3 unspecified atom stereocenters. The Morgan fingerprint density at radius 2 is 1.45 bits per heavy atom. The van der Waals surface area contributed by atoms with Gasteiger partial charge in [-0.15, -0.1) is 0 Å². The van der Waals surface area contributed by atoms with Crippen LogP contribution in [0.25, 0.3) is 0 Å². The average molecular weight is 306 g/mol. The van der Waals surface area contributed by atoms with Crippen LogP contribution in [0.4, 0.5) is 0 Å². The lowest BCUT2D eigenvalue weighted by Gasteiger charge is -2.33. The van der Waals surface area contributed by atoms with Gasteiger partial charge in [0.15, 0.2) is 0 Å². The summed E-state index contributed by atoms with van der Waals surface area (Å²) >= 11 is 0. The summed E-state index contributed by atoms with van der Waals surface area (Å²) in [6, 6.07) is 0.788. The Morgan fingerprint density at radius 3 is 1.90 bits per heavy atom. The topological polar surface area (TPSA) is 68.2 Å². The normalized spacial score (nSPS) is 27.8. The molecule has 0 aromatic heterocycles. The van der Waals surface area contributed by atoms with E-state index in [2.05, 4.69) is 0 Å². The van der Waals surface area contributed by atoms with Crippen molar-refractivity contribution in [1.82, 2.24) is 0 Å². The van der Waals surface area contributed by atoms with Gasteiger partial charge in [-0.25, -0.2) is 0 Å². The van der Waals surface area contributed by atoms with Crippen LogP contribution in [-0.2, 0) is 13.3 Å². The molecule has 0 aliphatic heterocycles. The van der Waals surface area contributed by atoms with Gasteiger partial charge in [0.2, 0.25) is 0 Å². The zero-order valence-electron chi connectivity index (χ0n) is 13.0. The van der Waals surface area contributed by atoms with Crippen molar-refractivity contribution in [2.24, 2.45) is 5.92 Å². The number of aliphatic hydroxyl groups excluding tert-OH is 2. The largest absolute Gasteiger partial charge is 0.500 e. The molecule has 5 nitrogen and oxygen atoms in total. The maximum atomic E-state index is 9.76. The summed E-state index contributed by atoms with van der Waals surface area (Å²) in [5.74, 6) is 0.418. The molecule has 2 N–H and O–H groups in total. The van der Waals surface area contributed by atoms with E-state index in [4.69, 9.17) is 13.3 Å². The summed E-state index contributed by atoms with van der Waals surface area (Å²) in [4.78, 5) is 0. The third-order valence-corrected chi connectivity index (χ3v) is 6.93. The molecular weight excluding hydrogens is 276 g/mol. The molecule has 1 aliphatic carbocycles. The lowest BCUT2D eigenvalue weighted by atomic mass is 9.84. The van der Waals surface area contributed by atoms with E-state index in [-0.39, 0.29) is 0 Å². The molecule has 3 atom stereocenters. The van der Waals surface area contributed by atoms with Gasteiger partial charge in [-0.1, -0.05) is 0 Å². The molecule has 1 rings (SSSR count). The molecule has 6 heteroatoms. The van der Waals surface area contributed by atoms with E-state index < -0.39 is 21.0 Å². The van der Waals surface area contributed by atoms with E-state index in [1.807, 2.05) is 20.8 Å². The van der Waals surface area contributed by atoms with Gasteiger partial charge in [0.25, 0.3) is 0 Å². The zero-order chi connectivity index (χ0) is 15.0. The first-order valence-corrected chi connectivity index (χ1v) is 9.78. The van der Waals surface area contributed by atoms with Crippen molar-refractivity contribution in [2.75, 3.05) is 19.8 Å². The smallest absolute Gasteiger partial charge is 0.390 e. The minimum atomic E-state index is -2.56. The van der Waals surface area contributed by atoms with Crippen LogP contribution >= 0.6 is 0 Å². The molecule has 0 amide bonds. The van der Waals surface area contributed by atoms with E-state index in [1.54, 1.807) is 0 Å². The Balaban J connectivity index is 2.52. The van der Waals surface area contributed by atoms with Gasteiger partial charge >= 0.3 is 8.80 Å². The Hall–Kier alpha value is 0.0169. The highest BCUT2D eigenvalue weighted by Gasteiger charge is 2.41. The van der Waals surface area contributed by atoms with Crippen LogP contribution < -0.4 is 0 Å². The SMILES string of the molecule is CCO[Si](CCC1CCC(O)C(O)C1)(OCC)OCC. The first kappa shape index (κ1) is 18.1. The first-order chi connectivity index (χ1) is 9.56. The summed E-state index contributed by atoms with van der Waals surface area (Å²) in [6.45, 7) is 7.66. The summed E-state index contributed by atoms with van der Waals surface area (Å²) in [5.41, 5.74) is 0. The van der Waals surface area contributed by atoms with Crippen LogP contribution in [0.1, 0.15) is 46.5 Å². The quantitative estimate of drug-likeness (QED) is 0.637. The van der Waals surface area contributed by atoms with Gasteiger partial charge in [0, 0.05) is 25.9 Å². The highest BCUT2D eigenvalue weighted by Crippen LogP contribution is 2.31. The number of hydrogen-bond acceptors (Lipinski definition) is 5. The fourth-order valence-electron chi connectivity index (χ4n) is 2.86. The van der Waals surface area contributed by atoms with Crippen molar-refractivity contribution in [3.05, 3.63) is 0 Å². The van der Waals surface area contributed by atoms with Crippen LogP contribution in [0, 0.1) is 5.92 Å². The predicted octanol–water partition coefficient (Wildman–Crippen LogP) is 1.95. The highest BCUT2D eigenvalue weighted by atomic mass is 28.4. The lowest BCUT2D eigenvalue weighted by molar-refractivity contribution is -0.0267. The summed E-state index contributed by atoms with van der Waals surface area (Å²) in [7, 11) is -2.56. The molecule has 1 fully saturated rings. The maximum absolute atomic E-state index is 9.76. The Labute approximate surface area is 123 Å². The van der Waals surface area contributed by atoms with Crippen molar-refractivity contribution < 1.29 is 23.5 Å². The standard InChI is InChI=1S/C14H30O5Si/c1-4-17-20(18-5-2,19-6-3)10-9-12-7-8-13(15)14(16)11-12/h12-16H,4-11H2,1-3H3. The zero-order valence-corrected chi connectivity index (χ0v) is 14.0. The van der Waals surface area contributed by atoms with E-state index in [0.717, 1.165) is 18.9 Å². The van der Waals surface area contributed by atoms with Gasteiger partial charge in [0.1, 0.15) is 0 Å². The molecule has 0 aromatic rings. The predicted molar refractivity (Wildman–Crippen MR) is 79.4 cm³/mol. The molecule has 0 spiro atoms. The number of aliphatic hydroxyl groups is 2. The van der Waals surface area contributed by atoms with Gasteiger partial charge in [-0.05, 0) is 52.4 Å². The number of hydrogen-bond donors (Lipinski definition) is 2. The lowest BCUT2D eigenvalue weighted by Crippen LogP contribution is -2.46. The maximum Gasteiger partial charge on any atom is 0.500 e. The second-order valence-corrected chi connectivity index (χ2v) is 8.07. The molecule has 0 saturated heterocycles. The second-order valence-electron chi connectivity index (χ2n) is 5.33. The molecule has 0 bridgehead atoms. The van der Waals surface area contributed by atoms with Crippen molar-refractivity contribution in [1.29, 1.82) is 0 Å². The molecule has 0 heterocycles. The van der Waals surface area contributed by atoms with Crippen LogP contribution in [0.15, 0.2) is 0 Å². The highest BCUT2D eigenvalue weighted by molar-refractivity contribution is 6.60. The Bertz CT molecular complexity index is 247. The fraction of sp³-hybridized carbons (Fsp3) is 1.00. The van der Waals surface area contributed by atoms with E-state index >= 15 is 0 Å². The Morgan fingerprint density at radius 1 is 0.900 bits per heavy atom. The van der Waals surface area contributed by atoms with Gasteiger partial charge in [-0.3, -0.25) is 0 Å². The molecule has 120 valence electrons. The van der Waals surface area contributed by atoms with Crippen LogP contribution in [0.2, 0.25) is 6.04 Å². The summed E-state index contributed by atoms with van der Waals surface area (Å²) < 4.78 is 17.5. The van der Waals surface area contributed by atoms with Crippen LogP contribution in [0.3, 0.4) is 0 Å². The fourth-order valence-corrected chi connectivity index (χ4v) is 5.62.